The fraction of sp³-hybridized carbons (Fsp3) is 0. The third kappa shape index (κ3) is 5.63. The Labute approximate surface area is 307 Å². The average molecular weight is 677 g/mol. The summed E-state index contributed by atoms with van der Waals surface area (Å²) in [6, 6.07) is 68.2. The molecule has 0 saturated heterocycles. The molecule has 2 heterocycles. The molecule has 0 radical (unpaired) electrons. The summed E-state index contributed by atoms with van der Waals surface area (Å²) in [4.78, 5) is 15.5. The van der Waals surface area contributed by atoms with Crippen LogP contribution in [0.3, 0.4) is 0 Å². The van der Waals surface area contributed by atoms with E-state index in [-0.39, 0.29) is 0 Å². The van der Waals surface area contributed by atoms with Crippen molar-refractivity contribution >= 4 is 32.6 Å². The normalized spacial score (nSPS) is 11.4. The SMILES string of the molecule is c1ccc(-c2ccc(-c3ccc(-c4nc(-c5cccc(-c6ccc7ccccc7c6)c5)nc(-n5c6ccccc6c6ccccc65)n4)cc3)cc2)cc1. The molecule has 0 amide bonds. The second kappa shape index (κ2) is 12.9. The van der Waals surface area contributed by atoms with Gasteiger partial charge in [0.15, 0.2) is 11.6 Å². The molecule has 0 aliphatic rings. The minimum absolute atomic E-state index is 0.582. The Kier molecular flexibility index (Phi) is 7.43. The Hall–Kier alpha value is -7.17. The van der Waals surface area contributed by atoms with Gasteiger partial charge in [-0.25, -0.2) is 4.98 Å². The van der Waals surface area contributed by atoms with E-state index in [1.54, 1.807) is 0 Å². The number of fused-ring (bicyclic) bond motifs is 4. The van der Waals surface area contributed by atoms with Crippen LogP contribution in [-0.2, 0) is 0 Å². The van der Waals surface area contributed by atoms with Gasteiger partial charge in [0.25, 0.3) is 0 Å². The molecule has 8 aromatic carbocycles. The van der Waals surface area contributed by atoms with E-state index in [1.807, 2.05) is 6.07 Å². The van der Waals surface area contributed by atoms with Crippen molar-refractivity contribution in [1.29, 1.82) is 0 Å². The van der Waals surface area contributed by atoms with Crippen LogP contribution in [0.15, 0.2) is 194 Å². The Bertz CT molecular complexity index is 2870. The Morgan fingerprint density at radius 2 is 0.736 bits per heavy atom. The van der Waals surface area contributed by atoms with Crippen LogP contribution in [0.4, 0.5) is 0 Å². The zero-order valence-corrected chi connectivity index (χ0v) is 28.8. The molecule has 248 valence electrons. The van der Waals surface area contributed by atoms with Gasteiger partial charge in [0.1, 0.15) is 0 Å². The van der Waals surface area contributed by atoms with Crippen LogP contribution in [-0.4, -0.2) is 19.5 Å². The average Bonchev–Trinajstić information content (AvgIpc) is 3.58. The third-order valence-electron chi connectivity index (χ3n) is 10.1. The first-order valence-electron chi connectivity index (χ1n) is 17.9. The summed E-state index contributed by atoms with van der Waals surface area (Å²) in [6.45, 7) is 0. The van der Waals surface area contributed by atoms with Crippen molar-refractivity contribution in [3.8, 4) is 62.1 Å². The minimum Gasteiger partial charge on any atom is -0.278 e. The van der Waals surface area contributed by atoms with Gasteiger partial charge in [-0.05, 0) is 68.4 Å². The highest BCUT2D eigenvalue weighted by Crippen LogP contribution is 2.34. The predicted octanol–water partition coefficient (Wildman–Crippen LogP) is 12.5. The predicted molar refractivity (Wildman–Crippen MR) is 219 cm³/mol. The quantitative estimate of drug-likeness (QED) is 0.176. The van der Waals surface area contributed by atoms with E-state index < -0.39 is 0 Å². The maximum atomic E-state index is 5.20. The third-order valence-corrected chi connectivity index (χ3v) is 10.1. The lowest BCUT2D eigenvalue weighted by molar-refractivity contribution is 0.953. The van der Waals surface area contributed by atoms with Gasteiger partial charge in [-0.2, -0.15) is 9.97 Å². The highest BCUT2D eigenvalue weighted by atomic mass is 15.2. The number of hydrogen-bond donors (Lipinski definition) is 0. The summed E-state index contributed by atoms with van der Waals surface area (Å²) in [5, 5.41) is 4.75. The zero-order chi connectivity index (χ0) is 35.1. The van der Waals surface area contributed by atoms with Crippen LogP contribution in [0.25, 0.3) is 94.7 Å². The molecule has 0 saturated carbocycles. The smallest absolute Gasteiger partial charge is 0.238 e. The molecule has 0 N–H and O–H groups in total. The first-order valence-corrected chi connectivity index (χ1v) is 17.9. The molecule has 0 aliphatic carbocycles. The summed E-state index contributed by atoms with van der Waals surface area (Å²) in [6.07, 6.45) is 0. The standard InChI is InChI=1S/C49H32N4/c1-2-11-33(12-3-1)35-21-23-36(24-22-35)37-25-28-38(29-26-37)47-50-48(42-16-10-15-40(32-42)41-30-27-34-13-4-5-14-39(34)31-41)52-49(51-47)53-45-19-8-6-17-43(45)44-18-7-9-20-46(44)53/h1-32H. The van der Waals surface area contributed by atoms with Crippen molar-refractivity contribution in [2.24, 2.45) is 0 Å². The summed E-state index contributed by atoms with van der Waals surface area (Å²) in [7, 11) is 0. The lowest BCUT2D eigenvalue weighted by atomic mass is 9.99. The highest BCUT2D eigenvalue weighted by Gasteiger charge is 2.18. The van der Waals surface area contributed by atoms with Gasteiger partial charge in [-0.15, -0.1) is 0 Å². The number of hydrogen-bond acceptors (Lipinski definition) is 3. The van der Waals surface area contributed by atoms with Crippen LogP contribution in [0.2, 0.25) is 0 Å². The van der Waals surface area contributed by atoms with Crippen LogP contribution in [0.5, 0.6) is 0 Å². The number of benzene rings is 8. The molecule has 10 aromatic rings. The van der Waals surface area contributed by atoms with E-state index in [1.165, 1.54) is 21.9 Å². The largest absolute Gasteiger partial charge is 0.278 e. The lowest BCUT2D eigenvalue weighted by Crippen LogP contribution is -2.06. The summed E-state index contributed by atoms with van der Waals surface area (Å²) in [5.41, 5.74) is 10.9. The zero-order valence-electron chi connectivity index (χ0n) is 28.8. The molecular weight excluding hydrogens is 645 g/mol. The molecule has 10 rings (SSSR count). The van der Waals surface area contributed by atoms with Gasteiger partial charge in [-0.3, -0.25) is 4.57 Å². The van der Waals surface area contributed by atoms with Crippen molar-refractivity contribution in [3.63, 3.8) is 0 Å². The number of para-hydroxylation sites is 2. The molecular formula is C49H32N4. The Morgan fingerprint density at radius 3 is 1.40 bits per heavy atom. The first-order chi connectivity index (χ1) is 26.2. The van der Waals surface area contributed by atoms with Crippen molar-refractivity contribution < 1.29 is 0 Å². The van der Waals surface area contributed by atoms with Gasteiger partial charge >= 0.3 is 0 Å². The number of rotatable bonds is 6. The monoisotopic (exact) mass is 676 g/mol. The molecule has 4 nitrogen and oxygen atoms in total. The Morgan fingerprint density at radius 1 is 0.283 bits per heavy atom. The van der Waals surface area contributed by atoms with E-state index in [0.29, 0.717) is 17.6 Å². The molecule has 0 aliphatic heterocycles. The molecule has 0 unspecified atom stereocenters. The molecule has 0 atom stereocenters. The lowest BCUT2D eigenvalue weighted by Gasteiger charge is -2.12. The van der Waals surface area contributed by atoms with Gasteiger partial charge in [0.05, 0.1) is 11.0 Å². The van der Waals surface area contributed by atoms with E-state index in [4.69, 9.17) is 15.0 Å². The van der Waals surface area contributed by atoms with Crippen molar-refractivity contribution in [2.75, 3.05) is 0 Å². The molecule has 4 heteroatoms. The molecule has 0 bridgehead atoms. The second-order valence-electron chi connectivity index (χ2n) is 13.3. The highest BCUT2D eigenvalue weighted by molar-refractivity contribution is 6.09. The van der Waals surface area contributed by atoms with Gasteiger partial charge in [-0.1, -0.05) is 170 Å². The molecule has 53 heavy (non-hydrogen) atoms. The van der Waals surface area contributed by atoms with E-state index in [9.17, 15) is 0 Å². The molecule has 0 spiro atoms. The van der Waals surface area contributed by atoms with Gasteiger partial charge in [0, 0.05) is 21.9 Å². The Balaban J connectivity index is 1.10. The fourth-order valence-corrected chi connectivity index (χ4v) is 7.37. The van der Waals surface area contributed by atoms with Crippen molar-refractivity contribution in [2.45, 2.75) is 0 Å². The van der Waals surface area contributed by atoms with Crippen molar-refractivity contribution in [3.05, 3.63) is 194 Å². The van der Waals surface area contributed by atoms with Gasteiger partial charge < -0.3 is 0 Å². The summed E-state index contributed by atoms with van der Waals surface area (Å²) >= 11 is 0. The van der Waals surface area contributed by atoms with Crippen LogP contribution in [0.1, 0.15) is 0 Å². The fourth-order valence-electron chi connectivity index (χ4n) is 7.37. The maximum absolute atomic E-state index is 5.20. The first kappa shape index (κ1) is 30.6. The van der Waals surface area contributed by atoms with Crippen LogP contribution >= 0.6 is 0 Å². The minimum atomic E-state index is 0.582. The number of aromatic nitrogens is 4. The number of nitrogens with zero attached hydrogens (tertiary/aromatic N) is 4. The summed E-state index contributed by atoms with van der Waals surface area (Å²) in [5.74, 6) is 1.82. The van der Waals surface area contributed by atoms with Crippen LogP contribution in [0, 0.1) is 0 Å². The van der Waals surface area contributed by atoms with Crippen molar-refractivity contribution in [1.82, 2.24) is 19.5 Å². The van der Waals surface area contributed by atoms with E-state index >= 15 is 0 Å². The maximum Gasteiger partial charge on any atom is 0.238 e. The second-order valence-corrected chi connectivity index (χ2v) is 13.3. The van der Waals surface area contributed by atoms with E-state index in [2.05, 4.69) is 193 Å². The topological polar surface area (TPSA) is 43.6 Å². The van der Waals surface area contributed by atoms with E-state index in [0.717, 1.165) is 55.2 Å². The summed E-state index contributed by atoms with van der Waals surface area (Å²) < 4.78 is 2.16. The molecule has 0 fully saturated rings. The van der Waals surface area contributed by atoms with Gasteiger partial charge in [0.2, 0.25) is 5.95 Å². The van der Waals surface area contributed by atoms with Crippen LogP contribution < -0.4 is 0 Å². The molecule has 2 aromatic heterocycles.